The maximum absolute atomic E-state index is 14.0. The number of amides is 1. The molecule has 14 nitrogen and oxygen atoms in total. The fraction of sp³-hybridized carbons (Fsp3) is 0.480. The highest BCUT2D eigenvalue weighted by Crippen LogP contribution is 2.49. The first-order valence-corrected chi connectivity index (χ1v) is 24.7. The van der Waals surface area contributed by atoms with E-state index in [2.05, 4.69) is 67.9 Å². The van der Waals surface area contributed by atoms with Gasteiger partial charge >= 0.3 is 0 Å². The van der Waals surface area contributed by atoms with Gasteiger partial charge in [0.1, 0.15) is 22.8 Å². The Kier molecular flexibility index (Phi) is 12.2. The van der Waals surface area contributed by atoms with E-state index in [0.717, 1.165) is 74.7 Å². The predicted molar refractivity (Wildman–Crippen MR) is 253 cm³/mol. The molecule has 2 aliphatic heterocycles. The molecule has 0 radical (unpaired) electrons. The van der Waals surface area contributed by atoms with Crippen molar-refractivity contribution in [3.05, 3.63) is 111 Å². The number of likely N-dealkylation sites (tertiary alicyclic amines) is 1. The van der Waals surface area contributed by atoms with Gasteiger partial charge < -0.3 is 25.0 Å². The predicted octanol–water partition coefficient (Wildman–Crippen LogP) is 9.41. The summed E-state index contributed by atoms with van der Waals surface area (Å²) >= 11 is 0. The number of piperidine rings is 1. The number of hydrogen-bond acceptors (Lipinski definition) is 11. The molecule has 15 heteroatoms. The first-order valence-electron chi connectivity index (χ1n) is 23.2. The van der Waals surface area contributed by atoms with E-state index >= 15 is 0 Å². The lowest BCUT2D eigenvalue weighted by Gasteiger charge is -2.57. The molecule has 9 rings (SSSR count). The van der Waals surface area contributed by atoms with Gasteiger partial charge in [-0.25, -0.2) is 18.1 Å². The van der Waals surface area contributed by atoms with Crippen molar-refractivity contribution in [2.45, 2.75) is 114 Å². The molecule has 4 N–H and O–H groups in total. The minimum Gasteiger partial charge on any atom is -0.455 e. The fourth-order valence-electron chi connectivity index (χ4n) is 11.0. The molecular weight excluding hydrogens is 843 g/mol. The summed E-state index contributed by atoms with van der Waals surface area (Å²) in [5, 5.41) is 26.4. The van der Waals surface area contributed by atoms with Crippen LogP contribution in [-0.2, 0) is 10.0 Å². The molecule has 2 atom stereocenters. The zero-order valence-corrected chi connectivity index (χ0v) is 38.6. The highest BCUT2D eigenvalue weighted by molar-refractivity contribution is 7.90. The normalized spacial score (nSPS) is 23.4. The van der Waals surface area contributed by atoms with Gasteiger partial charge in [-0.2, -0.15) is 0 Å². The second kappa shape index (κ2) is 17.7. The maximum Gasteiger partial charge on any atom is 0.293 e. The molecule has 0 bridgehead atoms. The summed E-state index contributed by atoms with van der Waals surface area (Å²) < 4.78 is 36.1. The molecule has 2 saturated carbocycles. The molecule has 5 aromatic rings. The number of aromatic nitrogens is 2. The Morgan fingerprint density at radius 3 is 2.49 bits per heavy atom. The van der Waals surface area contributed by atoms with E-state index in [-0.39, 0.29) is 28.3 Å². The van der Waals surface area contributed by atoms with Crippen molar-refractivity contribution in [2.75, 3.05) is 42.9 Å². The molecular formula is C50H61N7O7S. The molecule has 1 amide bonds. The third-order valence-corrected chi connectivity index (χ3v) is 16.0. The summed E-state index contributed by atoms with van der Waals surface area (Å²) in [4.78, 5) is 37.9. The van der Waals surface area contributed by atoms with Crippen molar-refractivity contribution in [2.24, 2.45) is 11.3 Å². The minimum absolute atomic E-state index is 0.0183. The van der Waals surface area contributed by atoms with Crippen LogP contribution < -0.4 is 19.7 Å². The van der Waals surface area contributed by atoms with Crippen molar-refractivity contribution in [3.63, 3.8) is 0 Å². The maximum atomic E-state index is 14.0. The van der Waals surface area contributed by atoms with Gasteiger partial charge in [0, 0.05) is 67.7 Å². The number of ether oxygens (including phenoxy) is 1. The van der Waals surface area contributed by atoms with Crippen molar-refractivity contribution >= 4 is 44.0 Å². The lowest BCUT2D eigenvalue weighted by molar-refractivity contribution is -0.384. The minimum atomic E-state index is -4.57. The van der Waals surface area contributed by atoms with E-state index in [4.69, 9.17) is 4.74 Å². The topological polar surface area (TPSA) is 183 Å². The number of fused-ring (bicyclic) bond motifs is 1. The van der Waals surface area contributed by atoms with Gasteiger partial charge in [-0.15, -0.1) is 0 Å². The van der Waals surface area contributed by atoms with Gasteiger partial charge in [0.05, 0.1) is 27.2 Å². The molecule has 344 valence electrons. The summed E-state index contributed by atoms with van der Waals surface area (Å²) in [7, 11) is -4.57. The number of aromatic amines is 1. The number of carbonyl (C=O) groups excluding carboxylic acids is 1. The van der Waals surface area contributed by atoms with Crippen LogP contribution in [0.25, 0.3) is 11.0 Å². The summed E-state index contributed by atoms with van der Waals surface area (Å²) in [6, 6.07) is 22.1. The number of nitro benzene ring substituents is 1. The van der Waals surface area contributed by atoms with Crippen LogP contribution in [0.4, 0.5) is 17.1 Å². The number of aryl methyl sites for hydroxylation is 1. The first kappa shape index (κ1) is 44.7. The van der Waals surface area contributed by atoms with Gasteiger partial charge in [0.15, 0.2) is 0 Å². The fourth-order valence-corrected chi connectivity index (χ4v) is 12.0. The quantitative estimate of drug-likeness (QED) is 0.0652. The largest absolute Gasteiger partial charge is 0.455 e. The first-order chi connectivity index (χ1) is 31.1. The van der Waals surface area contributed by atoms with Crippen molar-refractivity contribution in [1.82, 2.24) is 19.6 Å². The van der Waals surface area contributed by atoms with E-state index in [1.807, 2.05) is 32.0 Å². The number of carbonyl (C=O) groups is 1. The number of aliphatic hydroxyl groups is 1. The smallest absolute Gasteiger partial charge is 0.293 e. The average molecular weight is 904 g/mol. The van der Waals surface area contributed by atoms with E-state index in [0.29, 0.717) is 48.7 Å². The molecule has 2 saturated heterocycles. The van der Waals surface area contributed by atoms with Crippen LogP contribution in [0.1, 0.15) is 118 Å². The van der Waals surface area contributed by atoms with Crippen molar-refractivity contribution < 1.29 is 28.0 Å². The second-order valence-corrected chi connectivity index (χ2v) is 21.5. The number of benzene rings is 3. The standard InChI is InChI=1S/C50H61N7O7S/c1-32(2)39-8-5-6-9-40(39)41-10-7-11-44(41)56-30-50(31-56)20-22-55(23-21-50)36-12-14-42(46(26-36)64-37-25-35-24-33(3)53-47(35)52-29-37)48(58)54-65(62,63)38-13-15-43(45(27-38)57(60)61)51-28-34-16-18-49(4,59)19-17-34/h5-6,8-9,12-15,24-27,29,32,34,41,44,51,59H,7,10-11,16-23,28,30-31H2,1-4H3,(H,52,53)(H,54,58)/t34-,41-,44-,49-/m1/s1. The third kappa shape index (κ3) is 9.46. The number of nitro groups is 1. The van der Waals surface area contributed by atoms with Crippen LogP contribution in [0.2, 0.25) is 0 Å². The van der Waals surface area contributed by atoms with Gasteiger partial charge in [-0.1, -0.05) is 44.5 Å². The average Bonchev–Trinajstić information content (AvgIpc) is 3.91. The highest BCUT2D eigenvalue weighted by atomic mass is 32.2. The molecule has 0 unspecified atom stereocenters. The number of hydrogen-bond donors (Lipinski definition) is 4. The second-order valence-electron chi connectivity index (χ2n) is 19.8. The van der Waals surface area contributed by atoms with E-state index in [9.17, 15) is 28.4 Å². The van der Waals surface area contributed by atoms with Gasteiger partial charge in [-0.3, -0.25) is 19.8 Å². The highest BCUT2D eigenvalue weighted by Gasteiger charge is 2.49. The number of anilines is 2. The van der Waals surface area contributed by atoms with E-state index < -0.39 is 37.0 Å². The van der Waals surface area contributed by atoms with Crippen LogP contribution in [0.15, 0.2) is 83.9 Å². The molecule has 3 aromatic carbocycles. The number of rotatable bonds is 13. The Labute approximate surface area is 381 Å². The Morgan fingerprint density at radius 1 is 1.00 bits per heavy atom. The summed E-state index contributed by atoms with van der Waals surface area (Å²) in [5.74, 6) is 0.870. The summed E-state index contributed by atoms with van der Waals surface area (Å²) in [6.45, 7) is 12.7. The molecule has 4 heterocycles. The van der Waals surface area contributed by atoms with Crippen LogP contribution in [0, 0.1) is 28.4 Å². The molecule has 65 heavy (non-hydrogen) atoms. The Bertz CT molecular complexity index is 2690. The van der Waals surface area contributed by atoms with Gasteiger partial charge in [0.2, 0.25) is 0 Å². The number of sulfonamides is 1. The Balaban J connectivity index is 0.903. The molecule has 4 fully saturated rings. The number of H-pyrrole nitrogens is 1. The van der Waals surface area contributed by atoms with Crippen LogP contribution in [-0.4, -0.2) is 83.6 Å². The number of nitrogens with zero attached hydrogens (tertiary/aromatic N) is 4. The zero-order chi connectivity index (χ0) is 45.7. The van der Waals surface area contributed by atoms with Crippen molar-refractivity contribution in [3.8, 4) is 11.5 Å². The third-order valence-electron chi connectivity index (χ3n) is 14.7. The monoisotopic (exact) mass is 903 g/mol. The van der Waals surface area contributed by atoms with E-state index in [1.165, 1.54) is 42.5 Å². The molecule has 4 aliphatic rings. The number of nitrogens with one attached hydrogen (secondary N) is 3. The van der Waals surface area contributed by atoms with Crippen LogP contribution >= 0.6 is 0 Å². The van der Waals surface area contributed by atoms with Gasteiger partial charge in [0.25, 0.3) is 21.6 Å². The lowest BCUT2D eigenvalue weighted by Crippen LogP contribution is -2.63. The van der Waals surface area contributed by atoms with E-state index in [1.54, 1.807) is 18.3 Å². The van der Waals surface area contributed by atoms with Crippen LogP contribution in [0.5, 0.6) is 11.5 Å². The summed E-state index contributed by atoms with van der Waals surface area (Å²) in [6.07, 6.45) is 10.2. The SMILES string of the molecule is Cc1cc2cc(Oc3cc(N4CCC5(CC4)CN([C@@H]4CCC[C@@H]4c4ccccc4C(C)C)C5)ccc3C(=O)NS(=O)(=O)c3ccc(NC[C@H]4CC[C@](C)(O)CC4)c([N+](=O)[O-])c3)cnc2[nH]1. The van der Waals surface area contributed by atoms with Gasteiger partial charge in [-0.05, 0) is 136 Å². The van der Waals surface area contributed by atoms with Crippen LogP contribution in [0.3, 0.4) is 0 Å². The molecule has 2 aromatic heterocycles. The summed E-state index contributed by atoms with van der Waals surface area (Å²) in [5.41, 5.74) is 4.78. The Morgan fingerprint density at radius 2 is 1.75 bits per heavy atom. The zero-order valence-electron chi connectivity index (χ0n) is 37.8. The molecule has 1 spiro atoms. The molecule has 2 aliphatic carbocycles. The van der Waals surface area contributed by atoms with Crippen molar-refractivity contribution in [1.29, 1.82) is 0 Å². The lowest BCUT2D eigenvalue weighted by atomic mass is 9.70. The number of pyridine rings is 1. The Hall–Kier alpha value is -5.51.